The molecule has 6 heteroatoms. The molecular weight excluding hydrogens is 258 g/mol. The van der Waals surface area contributed by atoms with Gasteiger partial charge >= 0.3 is 5.00 Å². The van der Waals surface area contributed by atoms with E-state index in [9.17, 15) is 14.9 Å². The minimum Gasteiger partial charge on any atom is -0.288 e. The molecule has 0 unspecified atom stereocenters. The summed E-state index contributed by atoms with van der Waals surface area (Å²) in [5.74, 6) is -0.0890. The molecule has 0 N–H and O–H groups in total. The molecule has 17 heavy (non-hydrogen) atoms. The molecule has 0 bridgehead atoms. The molecule has 0 saturated carbocycles. The maximum Gasteiger partial charge on any atom is 0.324 e. The fourth-order valence-electron chi connectivity index (χ4n) is 1.19. The summed E-state index contributed by atoms with van der Waals surface area (Å²) in [6, 6.07) is 5.00. The Labute approximate surface area is 105 Å². The maximum absolute atomic E-state index is 11.6. The van der Waals surface area contributed by atoms with Crippen molar-refractivity contribution >= 4 is 39.5 Å². The summed E-state index contributed by atoms with van der Waals surface area (Å²) in [4.78, 5) is 22.3. The summed E-state index contributed by atoms with van der Waals surface area (Å²) in [7, 11) is 0. The number of nitrogens with zero attached hydrogens (tertiary/aromatic N) is 1. The minimum absolute atomic E-state index is 0.0771. The van der Waals surface area contributed by atoms with Crippen molar-refractivity contribution in [2.24, 2.45) is 0 Å². The van der Waals surface area contributed by atoms with Gasteiger partial charge in [-0.1, -0.05) is 17.4 Å². The molecule has 0 amide bonds. The van der Waals surface area contributed by atoms with Crippen LogP contribution in [0.5, 0.6) is 0 Å². The first-order valence-corrected chi connectivity index (χ1v) is 6.41. The van der Waals surface area contributed by atoms with Crippen molar-refractivity contribution in [2.45, 2.75) is 0 Å². The van der Waals surface area contributed by atoms with E-state index in [1.165, 1.54) is 23.5 Å². The van der Waals surface area contributed by atoms with Gasteiger partial charge in [0, 0.05) is 11.4 Å². The standard InChI is InChI=1S/C11H7NO3S2/c13-9(10-2-1-5-16-10)4-3-8-6-11(12(14)15)17-7-8/h1-7H/b4-3-. The van der Waals surface area contributed by atoms with Gasteiger partial charge in [-0.3, -0.25) is 14.9 Å². The molecule has 0 aliphatic carbocycles. The molecule has 86 valence electrons. The Hall–Kier alpha value is -1.79. The second kappa shape index (κ2) is 5.03. The molecule has 2 rings (SSSR count). The number of ketones is 1. The lowest BCUT2D eigenvalue weighted by atomic mass is 10.2. The summed E-state index contributed by atoms with van der Waals surface area (Å²) in [5.41, 5.74) is 0.673. The Morgan fingerprint density at radius 3 is 2.82 bits per heavy atom. The van der Waals surface area contributed by atoms with Crippen molar-refractivity contribution in [3.8, 4) is 0 Å². The van der Waals surface area contributed by atoms with E-state index in [0.29, 0.717) is 10.4 Å². The van der Waals surface area contributed by atoms with Crippen LogP contribution in [-0.4, -0.2) is 10.7 Å². The van der Waals surface area contributed by atoms with E-state index in [4.69, 9.17) is 0 Å². The van der Waals surface area contributed by atoms with Gasteiger partial charge < -0.3 is 0 Å². The first-order valence-electron chi connectivity index (χ1n) is 4.65. The molecule has 0 aliphatic rings. The number of thiophene rings is 2. The van der Waals surface area contributed by atoms with Crippen molar-refractivity contribution in [3.05, 3.63) is 55.6 Å². The van der Waals surface area contributed by atoms with Crippen LogP contribution < -0.4 is 0 Å². The SMILES string of the molecule is O=C(/C=C\c1csc([N+](=O)[O-])c1)c1cccs1. The lowest BCUT2D eigenvalue weighted by molar-refractivity contribution is -0.380. The fraction of sp³-hybridized carbons (Fsp3) is 0. The quantitative estimate of drug-likeness (QED) is 0.367. The minimum atomic E-state index is -0.441. The van der Waals surface area contributed by atoms with Crippen LogP contribution in [0.2, 0.25) is 0 Å². The molecule has 4 nitrogen and oxygen atoms in total. The highest BCUT2D eigenvalue weighted by Crippen LogP contribution is 2.23. The Bertz CT molecular complexity index is 569. The van der Waals surface area contributed by atoms with Crippen LogP contribution in [0.15, 0.2) is 35.0 Å². The molecule has 0 atom stereocenters. The summed E-state index contributed by atoms with van der Waals surface area (Å²) in [5, 5.41) is 14.0. The van der Waals surface area contributed by atoms with E-state index in [1.54, 1.807) is 23.6 Å². The second-order valence-corrected chi connectivity index (χ2v) is 4.99. The number of carbonyl (C=O) groups excluding carboxylic acids is 1. The Morgan fingerprint density at radius 1 is 1.41 bits per heavy atom. The molecule has 0 spiro atoms. The number of hydrogen-bond acceptors (Lipinski definition) is 5. The third-order valence-electron chi connectivity index (χ3n) is 1.98. The number of hydrogen-bond donors (Lipinski definition) is 0. The van der Waals surface area contributed by atoms with Crippen molar-refractivity contribution in [2.75, 3.05) is 0 Å². The average Bonchev–Trinajstić information content (AvgIpc) is 2.97. The predicted octanol–water partition coefficient (Wildman–Crippen LogP) is 3.61. The van der Waals surface area contributed by atoms with E-state index < -0.39 is 4.92 Å². The zero-order valence-electron chi connectivity index (χ0n) is 8.53. The lowest BCUT2D eigenvalue weighted by Crippen LogP contribution is -1.88. The van der Waals surface area contributed by atoms with Crippen molar-refractivity contribution in [3.63, 3.8) is 0 Å². The molecule has 2 aromatic heterocycles. The molecule has 0 radical (unpaired) electrons. The van der Waals surface area contributed by atoms with E-state index in [2.05, 4.69) is 0 Å². The molecule has 2 heterocycles. The Kier molecular flexibility index (Phi) is 3.46. The molecule has 2 aromatic rings. The van der Waals surface area contributed by atoms with Crippen molar-refractivity contribution < 1.29 is 9.72 Å². The normalized spacial score (nSPS) is 10.8. The highest BCUT2D eigenvalue weighted by Gasteiger charge is 2.08. The van der Waals surface area contributed by atoms with Crippen LogP contribution in [0.4, 0.5) is 5.00 Å². The smallest absolute Gasteiger partial charge is 0.288 e. The van der Waals surface area contributed by atoms with E-state index in [1.807, 2.05) is 5.38 Å². The van der Waals surface area contributed by atoms with Crippen LogP contribution in [0.25, 0.3) is 6.08 Å². The fourth-order valence-corrected chi connectivity index (χ4v) is 2.53. The molecule has 0 fully saturated rings. The monoisotopic (exact) mass is 265 g/mol. The first-order chi connectivity index (χ1) is 8.16. The van der Waals surface area contributed by atoms with Crippen LogP contribution >= 0.6 is 22.7 Å². The van der Waals surface area contributed by atoms with Gasteiger partial charge in [-0.05, 0) is 29.2 Å². The largest absolute Gasteiger partial charge is 0.324 e. The van der Waals surface area contributed by atoms with Crippen molar-refractivity contribution in [1.29, 1.82) is 0 Å². The van der Waals surface area contributed by atoms with Gasteiger partial charge in [0.2, 0.25) is 0 Å². The van der Waals surface area contributed by atoms with Gasteiger partial charge in [0.25, 0.3) is 0 Å². The highest BCUT2D eigenvalue weighted by molar-refractivity contribution is 7.13. The molecular formula is C11H7NO3S2. The van der Waals surface area contributed by atoms with E-state index >= 15 is 0 Å². The van der Waals surface area contributed by atoms with Crippen molar-refractivity contribution in [1.82, 2.24) is 0 Å². The second-order valence-electron chi connectivity index (χ2n) is 3.15. The zero-order chi connectivity index (χ0) is 12.3. The number of carbonyl (C=O) groups is 1. The first kappa shape index (κ1) is 11.7. The van der Waals surface area contributed by atoms with Crippen LogP contribution in [0.3, 0.4) is 0 Å². The summed E-state index contributed by atoms with van der Waals surface area (Å²) >= 11 is 2.42. The van der Waals surface area contributed by atoms with E-state index in [0.717, 1.165) is 11.3 Å². The highest BCUT2D eigenvalue weighted by atomic mass is 32.1. The predicted molar refractivity (Wildman–Crippen MR) is 68.7 cm³/mol. The topological polar surface area (TPSA) is 60.2 Å². The lowest BCUT2D eigenvalue weighted by Gasteiger charge is -1.86. The average molecular weight is 265 g/mol. The van der Waals surface area contributed by atoms with Gasteiger partial charge in [0.1, 0.15) is 0 Å². The number of nitro groups is 1. The summed E-state index contributed by atoms with van der Waals surface area (Å²) in [6.07, 6.45) is 3.02. The maximum atomic E-state index is 11.6. The summed E-state index contributed by atoms with van der Waals surface area (Å²) < 4.78 is 0. The number of allylic oxidation sites excluding steroid dienone is 1. The van der Waals surface area contributed by atoms with E-state index in [-0.39, 0.29) is 10.8 Å². The van der Waals surface area contributed by atoms with Crippen LogP contribution in [0, 0.1) is 10.1 Å². The van der Waals surface area contributed by atoms with Crippen LogP contribution in [0.1, 0.15) is 15.2 Å². The van der Waals surface area contributed by atoms with Gasteiger partial charge in [-0.25, -0.2) is 0 Å². The van der Waals surface area contributed by atoms with Gasteiger partial charge in [0.05, 0.1) is 9.80 Å². The summed E-state index contributed by atoms with van der Waals surface area (Å²) in [6.45, 7) is 0. The third kappa shape index (κ3) is 2.86. The van der Waals surface area contributed by atoms with Gasteiger partial charge in [0.15, 0.2) is 5.78 Å². The van der Waals surface area contributed by atoms with Gasteiger partial charge in [-0.2, -0.15) is 0 Å². The molecule has 0 saturated heterocycles. The zero-order valence-corrected chi connectivity index (χ0v) is 10.2. The Morgan fingerprint density at radius 2 is 2.24 bits per heavy atom. The number of rotatable bonds is 4. The Balaban J connectivity index is 2.10. The third-order valence-corrected chi connectivity index (χ3v) is 3.76. The van der Waals surface area contributed by atoms with Gasteiger partial charge in [-0.15, -0.1) is 11.3 Å². The molecule has 0 aliphatic heterocycles. The molecule has 0 aromatic carbocycles. The van der Waals surface area contributed by atoms with Crippen LogP contribution in [-0.2, 0) is 0 Å².